The molecule has 0 saturated heterocycles. The zero-order valence-electron chi connectivity index (χ0n) is 9.69. The lowest BCUT2D eigenvalue weighted by molar-refractivity contribution is -0.117. The minimum atomic E-state index is 0.0215. The van der Waals surface area contributed by atoms with Gasteiger partial charge in [0, 0.05) is 17.7 Å². The fraction of sp³-hybridized carbons (Fsp3) is 0.385. The van der Waals surface area contributed by atoms with Gasteiger partial charge in [-0.15, -0.1) is 0 Å². The first-order valence-electron chi connectivity index (χ1n) is 5.50. The monoisotopic (exact) mass is 219 g/mol. The molecular formula is C13H17NO2. The second-order valence-corrected chi connectivity index (χ2v) is 4.01. The summed E-state index contributed by atoms with van der Waals surface area (Å²) in [5.74, 6) is 0.419. The lowest BCUT2D eigenvalue weighted by Gasteiger charge is -2.09. The van der Waals surface area contributed by atoms with Crippen molar-refractivity contribution in [2.75, 3.05) is 5.32 Å². The van der Waals surface area contributed by atoms with Gasteiger partial charge >= 0.3 is 0 Å². The normalized spacial score (nSPS) is 11.9. The summed E-state index contributed by atoms with van der Waals surface area (Å²) in [5, 5.41) is 2.80. The molecule has 1 aromatic carbocycles. The molecule has 86 valence electrons. The Morgan fingerprint density at radius 3 is 2.50 bits per heavy atom. The lowest BCUT2D eigenvalue weighted by atomic mass is 10.1. The third-order valence-electron chi connectivity index (χ3n) is 2.56. The number of hydrogen-bond donors (Lipinski definition) is 1. The molecule has 1 atom stereocenters. The summed E-state index contributed by atoms with van der Waals surface area (Å²) in [6.45, 7) is 4.12. The largest absolute Gasteiger partial charge is 0.326 e. The third-order valence-corrected chi connectivity index (χ3v) is 2.56. The number of aldehydes is 1. The maximum absolute atomic E-state index is 11.6. The van der Waals surface area contributed by atoms with Crippen molar-refractivity contribution in [2.45, 2.75) is 26.7 Å². The number of anilines is 1. The Kier molecular flexibility index (Phi) is 4.70. The molecular weight excluding hydrogens is 202 g/mol. The van der Waals surface area contributed by atoms with Gasteiger partial charge in [-0.1, -0.05) is 20.3 Å². The molecule has 1 aromatic rings. The molecule has 16 heavy (non-hydrogen) atoms. The molecule has 1 rings (SSSR count). The quantitative estimate of drug-likeness (QED) is 0.774. The van der Waals surface area contributed by atoms with E-state index in [1.165, 1.54) is 0 Å². The predicted molar refractivity (Wildman–Crippen MR) is 64.5 cm³/mol. The van der Waals surface area contributed by atoms with Crippen molar-refractivity contribution in [3.05, 3.63) is 29.8 Å². The highest BCUT2D eigenvalue weighted by molar-refractivity contribution is 5.91. The summed E-state index contributed by atoms with van der Waals surface area (Å²) in [6, 6.07) is 6.84. The van der Waals surface area contributed by atoms with E-state index in [9.17, 15) is 9.59 Å². The van der Waals surface area contributed by atoms with Gasteiger partial charge in [0.15, 0.2) is 0 Å². The van der Waals surface area contributed by atoms with Gasteiger partial charge in [0.25, 0.3) is 0 Å². The van der Waals surface area contributed by atoms with Crippen molar-refractivity contribution in [1.82, 2.24) is 0 Å². The third kappa shape index (κ3) is 3.85. The van der Waals surface area contributed by atoms with Crippen LogP contribution in [0, 0.1) is 5.92 Å². The molecule has 1 amide bonds. The van der Waals surface area contributed by atoms with Crippen LogP contribution in [0.25, 0.3) is 0 Å². The van der Waals surface area contributed by atoms with Gasteiger partial charge in [-0.2, -0.15) is 0 Å². The number of nitrogens with one attached hydrogen (secondary N) is 1. The number of hydrogen-bond acceptors (Lipinski definition) is 2. The maximum atomic E-state index is 11.6. The molecule has 3 nitrogen and oxygen atoms in total. The van der Waals surface area contributed by atoms with Crippen LogP contribution < -0.4 is 5.32 Å². The van der Waals surface area contributed by atoms with Crippen molar-refractivity contribution in [3.8, 4) is 0 Å². The SMILES string of the molecule is CCC(C)CC(=O)Nc1ccc(C=O)cc1. The van der Waals surface area contributed by atoms with Crippen molar-refractivity contribution < 1.29 is 9.59 Å². The fourth-order valence-corrected chi connectivity index (χ4v) is 1.32. The van der Waals surface area contributed by atoms with Crippen LogP contribution in [-0.4, -0.2) is 12.2 Å². The smallest absolute Gasteiger partial charge is 0.224 e. The van der Waals surface area contributed by atoms with E-state index in [1.54, 1.807) is 24.3 Å². The van der Waals surface area contributed by atoms with E-state index in [-0.39, 0.29) is 5.91 Å². The first-order valence-corrected chi connectivity index (χ1v) is 5.50. The molecule has 0 bridgehead atoms. The fourth-order valence-electron chi connectivity index (χ4n) is 1.32. The average Bonchev–Trinajstić information content (AvgIpc) is 2.29. The van der Waals surface area contributed by atoms with Crippen molar-refractivity contribution in [2.24, 2.45) is 5.92 Å². The van der Waals surface area contributed by atoms with Crippen LogP contribution in [0.4, 0.5) is 5.69 Å². The standard InChI is InChI=1S/C13H17NO2/c1-3-10(2)8-13(16)14-12-6-4-11(9-15)5-7-12/h4-7,9-10H,3,8H2,1-2H3,(H,14,16). The van der Waals surface area contributed by atoms with E-state index < -0.39 is 0 Å². The van der Waals surface area contributed by atoms with E-state index in [2.05, 4.69) is 19.2 Å². The molecule has 0 heterocycles. The minimum absolute atomic E-state index is 0.0215. The molecule has 0 fully saturated rings. The number of rotatable bonds is 5. The van der Waals surface area contributed by atoms with Crippen LogP contribution >= 0.6 is 0 Å². The highest BCUT2D eigenvalue weighted by atomic mass is 16.1. The van der Waals surface area contributed by atoms with Crippen molar-refractivity contribution >= 4 is 17.9 Å². The van der Waals surface area contributed by atoms with Gasteiger partial charge in [-0.05, 0) is 30.2 Å². The summed E-state index contributed by atoms with van der Waals surface area (Å²) in [7, 11) is 0. The molecule has 0 saturated carbocycles. The average molecular weight is 219 g/mol. The molecule has 0 aromatic heterocycles. The first kappa shape index (κ1) is 12.4. The highest BCUT2D eigenvalue weighted by Gasteiger charge is 2.07. The van der Waals surface area contributed by atoms with E-state index in [0.29, 0.717) is 17.9 Å². The Balaban J connectivity index is 2.52. The summed E-state index contributed by atoms with van der Waals surface area (Å²) in [6.07, 6.45) is 2.31. The molecule has 0 aliphatic carbocycles. The van der Waals surface area contributed by atoms with Gasteiger partial charge < -0.3 is 5.32 Å². The summed E-state index contributed by atoms with van der Waals surface area (Å²) in [4.78, 5) is 22.0. The van der Waals surface area contributed by atoms with Crippen LogP contribution in [0.15, 0.2) is 24.3 Å². The first-order chi connectivity index (χ1) is 7.65. The topological polar surface area (TPSA) is 46.2 Å². The zero-order chi connectivity index (χ0) is 12.0. The van der Waals surface area contributed by atoms with Crippen LogP contribution in [0.2, 0.25) is 0 Å². The summed E-state index contributed by atoms with van der Waals surface area (Å²) < 4.78 is 0. The highest BCUT2D eigenvalue weighted by Crippen LogP contribution is 2.11. The van der Waals surface area contributed by atoms with E-state index in [1.807, 2.05) is 0 Å². The summed E-state index contributed by atoms with van der Waals surface area (Å²) >= 11 is 0. The molecule has 1 unspecified atom stereocenters. The van der Waals surface area contributed by atoms with Crippen LogP contribution in [0.1, 0.15) is 37.0 Å². The van der Waals surface area contributed by atoms with Gasteiger partial charge in [0.05, 0.1) is 0 Å². The number of carbonyl (C=O) groups excluding carboxylic acids is 2. The van der Waals surface area contributed by atoms with E-state index in [4.69, 9.17) is 0 Å². The second-order valence-electron chi connectivity index (χ2n) is 4.01. The van der Waals surface area contributed by atoms with Crippen LogP contribution in [-0.2, 0) is 4.79 Å². The number of amides is 1. The Morgan fingerprint density at radius 1 is 1.38 bits per heavy atom. The molecule has 0 spiro atoms. The van der Waals surface area contributed by atoms with Crippen molar-refractivity contribution in [1.29, 1.82) is 0 Å². The maximum Gasteiger partial charge on any atom is 0.224 e. The van der Waals surface area contributed by atoms with Crippen LogP contribution in [0.5, 0.6) is 0 Å². The van der Waals surface area contributed by atoms with Gasteiger partial charge in [0.1, 0.15) is 6.29 Å². The second kappa shape index (κ2) is 6.05. The van der Waals surface area contributed by atoms with Crippen molar-refractivity contribution in [3.63, 3.8) is 0 Å². The lowest BCUT2D eigenvalue weighted by Crippen LogP contribution is -2.14. The Hall–Kier alpha value is -1.64. The predicted octanol–water partition coefficient (Wildman–Crippen LogP) is 2.87. The van der Waals surface area contributed by atoms with Crippen LogP contribution in [0.3, 0.4) is 0 Å². The van der Waals surface area contributed by atoms with E-state index >= 15 is 0 Å². The van der Waals surface area contributed by atoms with Gasteiger partial charge in [0.2, 0.25) is 5.91 Å². The molecule has 0 aliphatic heterocycles. The Morgan fingerprint density at radius 2 is 2.00 bits per heavy atom. The van der Waals surface area contributed by atoms with Gasteiger partial charge in [-0.3, -0.25) is 9.59 Å². The molecule has 1 N–H and O–H groups in total. The molecule has 0 aliphatic rings. The minimum Gasteiger partial charge on any atom is -0.326 e. The number of benzene rings is 1. The van der Waals surface area contributed by atoms with E-state index in [0.717, 1.165) is 18.4 Å². The molecule has 0 radical (unpaired) electrons. The molecule has 3 heteroatoms. The summed E-state index contributed by atoms with van der Waals surface area (Å²) in [5.41, 5.74) is 1.35. The van der Waals surface area contributed by atoms with Gasteiger partial charge in [-0.25, -0.2) is 0 Å². The zero-order valence-corrected chi connectivity index (χ0v) is 9.69. The Labute approximate surface area is 95.9 Å². The number of carbonyl (C=O) groups is 2. The Bertz CT molecular complexity index is 357.